The van der Waals surface area contributed by atoms with E-state index < -0.39 is 35.0 Å². The van der Waals surface area contributed by atoms with E-state index in [2.05, 4.69) is 10.3 Å². The number of ether oxygens (including phenoxy) is 1. The van der Waals surface area contributed by atoms with Gasteiger partial charge in [0.25, 0.3) is 0 Å². The highest BCUT2D eigenvalue weighted by Crippen LogP contribution is 2.41. The molecule has 3 aromatic rings. The van der Waals surface area contributed by atoms with Crippen LogP contribution >= 0.6 is 0 Å². The first-order valence-corrected chi connectivity index (χ1v) is 12.8. The monoisotopic (exact) mass is 548 g/mol. The number of nitrogens with two attached hydrogens (primary N) is 1. The van der Waals surface area contributed by atoms with Gasteiger partial charge in [-0.05, 0) is 62.5 Å². The van der Waals surface area contributed by atoms with Crippen LogP contribution in [0.5, 0.6) is 5.75 Å². The molecular formula is C28H32F4N4O3. The van der Waals surface area contributed by atoms with E-state index >= 15 is 4.39 Å². The Morgan fingerprint density at radius 3 is 2.51 bits per heavy atom. The number of fused-ring (bicyclic) bond motifs is 1. The summed E-state index contributed by atoms with van der Waals surface area (Å²) in [5.41, 5.74) is 6.52. The molecule has 0 radical (unpaired) electrons. The van der Waals surface area contributed by atoms with E-state index in [0.717, 1.165) is 12.1 Å². The Morgan fingerprint density at radius 2 is 1.90 bits per heavy atom. The summed E-state index contributed by atoms with van der Waals surface area (Å²) in [7, 11) is 1.52. The van der Waals surface area contributed by atoms with Gasteiger partial charge in [0.15, 0.2) is 17.5 Å². The van der Waals surface area contributed by atoms with Crippen LogP contribution in [0.3, 0.4) is 0 Å². The maximum Gasteiger partial charge on any atom is 0.309 e. The molecule has 11 heteroatoms. The molecule has 1 aliphatic heterocycles. The Bertz CT molecular complexity index is 1300. The van der Waals surface area contributed by atoms with Crippen LogP contribution in [0.25, 0.3) is 10.9 Å². The summed E-state index contributed by atoms with van der Waals surface area (Å²) in [5, 5.41) is 13.5. The molecule has 1 aromatic heterocycles. The number of hydrogen-bond acceptors (Lipinski definition) is 6. The van der Waals surface area contributed by atoms with Crippen LogP contribution in [-0.4, -0.2) is 54.2 Å². The molecule has 2 heterocycles. The van der Waals surface area contributed by atoms with Crippen LogP contribution in [0.4, 0.5) is 23.2 Å². The van der Waals surface area contributed by atoms with Gasteiger partial charge in [0.05, 0.1) is 18.0 Å². The number of carboxylic acids is 1. The topological polar surface area (TPSA) is 101 Å². The molecule has 2 aromatic carbocycles. The number of nitrogens with one attached hydrogen (secondary N) is 1. The van der Waals surface area contributed by atoms with Crippen LogP contribution in [0.1, 0.15) is 43.0 Å². The lowest BCUT2D eigenvalue weighted by atomic mass is 9.74. The van der Waals surface area contributed by atoms with Crippen LogP contribution in [-0.2, 0) is 11.3 Å². The van der Waals surface area contributed by atoms with Gasteiger partial charge in [-0.25, -0.2) is 17.6 Å². The highest BCUT2D eigenvalue weighted by atomic mass is 19.2. The van der Waals surface area contributed by atoms with E-state index in [1.54, 1.807) is 24.4 Å². The van der Waals surface area contributed by atoms with Crippen molar-refractivity contribution in [1.82, 2.24) is 9.88 Å². The quantitative estimate of drug-likeness (QED) is 0.224. The average Bonchev–Trinajstić information content (AvgIpc) is 2.94. The highest BCUT2D eigenvalue weighted by molar-refractivity contribution is 5.85. The van der Waals surface area contributed by atoms with Crippen LogP contribution in [0.2, 0.25) is 0 Å². The van der Waals surface area contributed by atoms with Gasteiger partial charge in [-0.2, -0.15) is 0 Å². The molecule has 1 atom stereocenters. The van der Waals surface area contributed by atoms with Crippen molar-refractivity contribution in [3.63, 3.8) is 0 Å². The van der Waals surface area contributed by atoms with Gasteiger partial charge in [0, 0.05) is 54.6 Å². The maximum atomic E-state index is 15.8. The van der Waals surface area contributed by atoms with Gasteiger partial charge in [-0.3, -0.25) is 9.78 Å². The summed E-state index contributed by atoms with van der Waals surface area (Å²) >= 11 is 0. The van der Waals surface area contributed by atoms with Crippen molar-refractivity contribution in [2.45, 2.75) is 38.4 Å². The standard InChI is InChI=1S/C28H32F4N4O3/c1-39-19-2-3-24-20(14-19)25(17(15-33)16-35-24)21(29)4-5-28(27(37)38)6-9-36(10-7-28)11-8-34-18-12-22(30)26(32)23(31)13-18/h2-3,12-14,16,21,34H,4-11,15,33H2,1H3,(H,37,38)/t21-/m1/s1. The zero-order valence-corrected chi connectivity index (χ0v) is 21.7. The first kappa shape index (κ1) is 28.6. The summed E-state index contributed by atoms with van der Waals surface area (Å²) in [6.07, 6.45) is 0.967. The average molecular weight is 549 g/mol. The smallest absolute Gasteiger partial charge is 0.309 e. The van der Waals surface area contributed by atoms with Crippen molar-refractivity contribution in [3.05, 3.63) is 65.1 Å². The molecule has 7 nitrogen and oxygen atoms in total. The van der Waals surface area contributed by atoms with E-state index in [1.807, 2.05) is 4.90 Å². The first-order valence-electron chi connectivity index (χ1n) is 12.8. The SMILES string of the molecule is COc1ccc2ncc(CN)c([C@H](F)CCC3(C(=O)O)CCN(CCNc4cc(F)c(F)c(F)c4)CC3)c2c1. The molecule has 4 N–H and O–H groups in total. The number of methoxy groups -OCH3 is 1. The number of halogens is 4. The fourth-order valence-corrected chi connectivity index (χ4v) is 5.23. The van der Waals surface area contributed by atoms with E-state index in [0.29, 0.717) is 66.8 Å². The summed E-state index contributed by atoms with van der Waals surface area (Å²) in [4.78, 5) is 18.7. The maximum absolute atomic E-state index is 15.8. The molecule has 39 heavy (non-hydrogen) atoms. The fourth-order valence-electron chi connectivity index (χ4n) is 5.23. The minimum Gasteiger partial charge on any atom is -0.497 e. The van der Waals surface area contributed by atoms with Crippen LogP contribution < -0.4 is 15.8 Å². The number of pyridine rings is 1. The number of aromatic nitrogens is 1. The molecule has 210 valence electrons. The Balaban J connectivity index is 1.38. The van der Waals surface area contributed by atoms with Crippen LogP contribution in [0, 0.1) is 22.9 Å². The minimum atomic E-state index is -1.52. The molecular weight excluding hydrogens is 516 g/mol. The summed E-state index contributed by atoms with van der Waals surface area (Å²) < 4.78 is 61.1. The lowest BCUT2D eigenvalue weighted by Gasteiger charge is -2.39. The number of benzene rings is 2. The molecule has 0 unspecified atom stereocenters. The lowest BCUT2D eigenvalue weighted by molar-refractivity contribution is -0.153. The van der Waals surface area contributed by atoms with Crippen LogP contribution in [0.15, 0.2) is 36.5 Å². The Labute approximate surface area is 224 Å². The molecule has 0 saturated carbocycles. The van der Waals surface area contributed by atoms with Gasteiger partial charge >= 0.3 is 5.97 Å². The normalized spacial score (nSPS) is 16.3. The third-order valence-electron chi connectivity index (χ3n) is 7.62. The number of alkyl halides is 1. The van der Waals surface area contributed by atoms with E-state index in [1.165, 1.54) is 7.11 Å². The van der Waals surface area contributed by atoms with Crippen molar-refractivity contribution in [3.8, 4) is 5.75 Å². The number of likely N-dealkylation sites (tertiary alicyclic amines) is 1. The number of carboxylic acid groups (broad SMARTS) is 1. The third-order valence-corrected chi connectivity index (χ3v) is 7.62. The predicted molar refractivity (Wildman–Crippen MR) is 140 cm³/mol. The first-order chi connectivity index (χ1) is 18.7. The van der Waals surface area contributed by atoms with Crippen molar-refractivity contribution in [1.29, 1.82) is 0 Å². The Hall–Kier alpha value is -3.44. The molecule has 1 aliphatic rings. The zero-order chi connectivity index (χ0) is 28.2. The lowest BCUT2D eigenvalue weighted by Crippen LogP contribution is -2.45. The highest BCUT2D eigenvalue weighted by Gasteiger charge is 2.41. The molecule has 0 aliphatic carbocycles. The van der Waals surface area contributed by atoms with Crippen molar-refractivity contribution < 1.29 is 32.2 Å². The van der Waals surface area contributed by atoms with E-state index in [9.17, 15) is 23.1 Å². The predicted octanol–water partition coefficient (Wildman–Crippen LogP) is 5.19. The molecule has 4 rings (SSSR count). The van der Waals surface area contributed by atoms with E-state index in [-0.39, 0.29) is 25.1 Å². The summed E-state index contributed by atoms with van der Waals surface area (Å²) in [6, 6.07) is 6.98. The van der Waals surface area contributed by atoms with Gasteiger partial charge in [-0.1, -0.05) is 0 Å². The molecule has 0 bridgehead atoms. The molecule has 1 saturated heterocycles. The summed E-state index contributed by atoms with van der Waals surface area (Å²) in [5.74, 6) is -4.46. The number of hydrogen-bond donors (Lipinski definition) is 3. The van der Waals surface area contributed by atoms with Gasteiger partial charge in [0.2, 0.25) is 0 Å². The van der Waals surface area contributed by atoms with Crippen molar-refractivity contribution in [2.24, 2.45) is 11.1 Å². The number of carbonyl (C=O) groups is 1. The Morgan fingerprint density at radius 1 is 1.21 bits per heavy atom. The second-order valence-corrected chi connectivity index (χ2v) is 9.90. The van der Waals surface area contributed by atoms with Gasteiger partial charge in [-0.15, -0.1) is 0 Å². The summed E-state index contributed by atoms with van der Waals surface area (Å²) in [6.45, 7) is 1.87. The van der Waals surface area contributed by atoms with Gasteiger partial charge < -0.3 is 25.8 Å². The fraction of sp³-hybridized carbons (Fsp3) is 0.429. The third kappa shape index (κ3) is 6.25. The van der Waals surface area contributed by atoms with Crippen molar-refractivity contribution in [2.75, 3.05) is 38.6 Å². The molecule has 1 fully saturated rings. The van der Waals surface area contributed by atoms with Crippen molar-refractivity contribution >= 4 is 22.6 Å². The number of piperidine rings is 1. The zero-order valence-electron chi connectivity index (χ0n) is 21.7. The van der Waals surface area contributed by atoms with Gasteiger partial charge in [0.1, 0.15) is 11.9 Å². The Kier molecular flexibility index (Phi) is 8.91. The molecule has 0 amide bonds. The number of rotatable bonds is 11. The number of aliphatic carboxylic acids is 1. The molecule has 0 spiro atoms. The number of anilines is 1. The largest absolute Gasteiger partial charge is 0.497 e. The van der Waals surface area contributed by atoms with E-state index in [4.69, 9.17) is 10.5 Å². The second-order valence-electron chi connectivity index (χ2n) is 9.90. The minimum absolute atomic E-state index is 0.0128. The number of nitrogens with zero attached hydrogens (tertiary/aromatic N) is 2. The second kappa shape index (κ2) is 12.2.